The van der Waals surface area contributed by atoms with Crippen LogP contribution in [0.4, 0.5) is 0 Å². The van der Waals surface area contributed by atoms with Gasteiger partial charge in [0.25, 0.3) is 20.2 Å². The third kappa shape index (κ3) is 27.6. The zero-order valence-corrected chi connectivity index (χ0v) is 74.1. The second-order valence-corrected chi connectivity index (χ2v) is 42.6. The number of hydrogen-bond acceptors (Lipinski definition) is 36. The molecule has 14 heterocycles. The molecule has 14 rings (SSSR count). The molecular formula is C74H132O35S3Se. The number of aliphatic hydroxyl groups is 8. The molecule has 0 aliphatic carbocycles. The number of methoxy groups -OCH3 is 1. The number of ether oxygens (including phenoxy) is 21. The van der Waals surface area contributed by atoms with Gasteiger partial charge in [0.1, 0.15) is 97.7 Å². The first-order chi connectivity index (χ1) is 51.7. The smallest absolute Gasteiger partial charge is 0.264 e. The molecule has 14 aliphatic rings. The van der Waals surface area contributed by atoms with E-state index < -0.39 is 159 Å². The van der Waals surface area contributed by atoms with E-state index in [0.29, 0.717) is 50.9 Å². The number of fused-ring (bicyclic) bond motifs is 9. The molecule has 0 saturated carbocycles. The van der Waals surface area contributed by atoms with Crippen LogP contribution in [-0.4, -0.2) is 348 Å². The van der Waals surface area contributed by atoms with Gasteiger partial charge in [-0.25, -0.2) is 0 Å². The molecule has 0 aromatic heterocycles. The van der Waals surface area contributed by atoms with E-state index in [2.05, 4.69) is 43.7 Å². The van der Waals surface area contributed by atoms with E-state index in [-0.39, 0.29) is 73.9 Å². The molecule has 0 spiro atoms. The fourth-order valence-corrected chi connectivity index (χ4v) is 20.8. The van der Waals surface area contributed by atoms with Gasteiger partial charge in [0, 0.05) is 16.9 Å². The summed E-state index contributed by atoms with van der Waals surface area (Å²) in [6.07, 6.45) is -10.2. The van der Waals surface area contributed by atoms with Crippen molar-refractivity contribution >= 4 is 47.0 Å². The summed E-state index contributed by atoms with van der Waals surface area (Å²) in [6.45, 7) is 44.5. The molecule has 662 valence electrons. The number of hydrogen-bond donors (Lipinski definition) is 8. The van der Waals surface area contributed by atoms with Gasteiger partial charge in [-0.3, -0.25) is 8.37 Å². The van der Waals surface area contributed by atoms with Crippen LogP contribution in [0.2, 0.25) is 10.1 Å². The minimum Gasteiger partial charge on any atom is -0.394 e. The van der Waals surface area contributed by atoms with Crippen LogP contribution in [0.15, 0.2) is 12.3 Å². The van der Waals surface area contributed by atoms with Crippen molar-refractivity contribution in [2.45, 2.75) is 366 Å². The Labute approximate surface area is 677 Å². The van der Waals surface area contributed by atoms with E-state index in [0.717, 1.165) is 54.9 Å². The molecular weight excluding hydrogens is 1620 g/mol. The van der Waals surface area contributed by atoms with Gasteiger partial charge in [0.05, 0.1) is 89.4 Å². The van der Waals surface area contributed by atoms with Crippen molar-refractivity contribution in [3.63, 3.8) is 0 Å². The monoisotopic (exact) mass is 1760 g/mol. The van der Waals surface area contributed by atoms with E-state index in [1.54, 1.807) is 69.4 Å². The molecule has 113 heavy (non-hydrogen) atoms. The topological polar surface area (TPSA) is 442 Å². The fraction of sp³-hybridized carbons (Fsp3) is 0.973. The van der Waals surface area contributed by atoms with Crippen LogP contribution in [0.5, 0.6) is 0 Å². The summed E-state index contributed by atoms with van der Waals surface area (Å²) in [4.78, 5) is 0.731. The molecule has 14 aliphatic heterocycles. The molecule has 0 aromatic carbocycles. The normalized spacial score (nSPS) is 42.5. The predicted molar refractivity (Wildman–Crippen MR) is 403 cm³/mol. The molecule has 35 nitrogen and oxygen atoms in total. The Bertz CT molecular complexity index is 3210. The van der Waals surface area contributed by atoms with Crippen molar-refractivity contribution in [1.29, 1.82) is 0 Å². The van der Waals surface area contributed by atoms with Crippen molar-refractivity contribution in [3.05, 3.63) is 12.3 Å². The van der Waals surface area contributed by atoms with E-state index in [1.807, 2.05) is 67.2 Å². The number of thioether (sulfide) groups is 1. The van der Waals surface area contributed by atoms with Crippen LogP contribution < -0.4 is 0 Å². The van der Waals surface area contributed by atoms with Crippen LogP contribution >= 0.6 is 11.8 Å². The number of aliphatic hydroxyl groups excluding tert-OH is 8. The van der Waals surface area contributed by atoms with E-state index in [1.165, 1.54) is 5.32 Å². The molecule has 0 amide bonds. The van der Waals surface area contributed by atoms with Gasteiger partial charge in [-0.1, -0.05) is 6.58 Å². The second kappa shape index (κ2) is 37.7. The van der Waals surface area contributed by atoms with Crippen molar-refractivity contribution in [1.82, 2.24) is 0 Å². The zero-order valence-electron chi connectivity index (χ0n) is 69.9. The van der Waals surface area contributed by atoms with Crippen molar-refractivity contribution < 1.29 is 166 Å². The third-order valence-electron chi connectivity index (χ3n) is 20.4. The van der Waals surface area contributed by atoms with Crippen LogP contribution in [0.1, 0.15) is 158 Å². The SMILES string of the molecule is C=C(C)OC.CC1(C)C[C@H]2[C@@H]3OC(C)(C)O[C@@H]3CS[C@H]2CO1.CC1(C)C[C@H]2[C@@H]3OC(C)(C)O[C@@H]3C[Se][C@H]2CO1.CC1(C)OC[C@@H](O)[C@H]([C@@H]2OC(C)(C)O[C@@H]2CO)O1.CC1(C)OC[C@@H](OS(C)(=O)=O)[C@H]([C@@H]2OC(C)(C)O[C@@H]2COS(C)(=O)=O)O1.CC1(C)OC[C@H]2OC(O)[C@H]3OC(C)(C)O[C@H]3[C@@H]2O1.OC[C@H]1OC(O)[C@@H](O)[C@@H](O)[C@@H]1O. The molecule has 14 saturated heterocycles. The third-order valence-corrected chi connectivity index (χ3v) is 26.0. The Morgan fingerprint density at radius 1 is 0.442 bits per heavy atom. The van der Waals surface area contributed by atoms with Crippen molar-refractivity contribution in [3.8, 4) is 0 Å². The molecule has 2 unspecified atom stereocenters. The first kappa shape index (κ1) is 97.6. The van der Waals surface area contributed by atoms with Crippen LogP contribution in [-0.2, 0) is 128 Å². The van der Waals surface area contributed by atoms with Crippen LogP contribution in [0.25, 0.3) is 0 Å². The van der Waals surface area contributed by atoms with Crippen molar-refractivity contribution in [2.75, 3.05) is 78.2 Å². The first-order valence-electron chi connectivity index (χ1n) is 38.4. The quantitative estimate of drug-likeness (QED) is 0.0885. The van der Waals surface area contributed by atoms with Gasteiger partial charge in [0.15, 0.2) is 53.1 Å². The maximum atomic E-state index is 11.6. The van der Waals surface area contributed by atoms with Gasteiger partial charge >= 0.3 is 110 Å². The summed E-state index contributed by atoms with van der Waals surface area (Å²) < 4.78 is 175. The molecule has 8 N–H and O–H groups in total. The van der Waals surface area contributed by atoms with Gasteiger partial charge in [0.2, 0.25) is 0 Å². The van der Waals surface area contributed by atoms with Gasteiger partial charge < -0.3 is 126 Å². The predicted octanol–water partition coefficient (Wildman–Crippen LogP) is 2.99. The molecule has 0 bridgehead atoms. The molecule has 0 aromatic rings. The maximum absolute atomic E-state index is 11.6. The standard InChI is InChI=1S/C14H26O10S2.C13H22O3S.C13H22O3Se.C12H20O6.C12H22O6.C6H12O6.C4H8O/c1-13(2)19-7-10(24-26(6,17)18)12(22-13)11-9(8-20-25(5,15)16)21-14(3,4)23-11;2*1-12(2)5-8-10(6-14-12)17-7-9-11(8)16-13(3,4)15-9;1-11(2)14-5-6-7(16-11)8-9(10(13)15-6)18-12(3,4)17-8;1-11(2)15-6-7(14)9(17-11)10-8(5-13)16-12(3,4)18-10;7-1-2-3(8)4(9)5(10)6(11)12-2;1-4(2)5-3/h9-12H,7-8H2,1-6H3;2*8-11H,5-7H2,1-4H3;6-10,13H,5H2,1-4H3;7-10,13-14H,5-6H2,1-4H3;2-11H,1H2;1H2,2-3H3/t9-,10-,11-,12-;2*8-,9-,10+,11+;6-,7-,8+,9+,10?;7-,8-,9-,10-;2-,3-,4+,5+,6?;/m111111./s1. The summed E-state index contributed by atoms with van der Waals surface area (Å²) in [5.41, 5.74) is -0.00502. The summed E-state index contributed by atoms with van der Waals surface area (Å²) in [5.74, 6) is -2.82. The van der Waals surface area contributed by atoms with Crippen LogP contribution in [0, 0.1) is 11.8 Å². The molecule has 26 atom stereocenters. The van der Waals surface area contributed by atoms with E-state index in [9.17, 15) is 32.2 Å². The fourth-order valence-electron chi connectivity index (χ4n) is 15.6. The molecule has 14 fully saturated rings. The Morgan fingerprint density at radius 3 is 1.45 bits per heavy atom. The summed E-state index contributed by atoms with van der Waals surface area (Å²) in [7, 11) is -5.89. The minimum absolute atomic E-state index is 0.00916. The zero-order chi connectivity index (χ0) is 84.8. The molecule has 39 heteroatoms. The van der Waals surface area contributed by atoms with Gasteiger partial charge in [-0.2, -0.15) is 28.6 Å². The summed E-state index contributed by atoms with van der Waals surface area (Å²) >= 11 is 2.64. The van der Waals surface area contributed by atoms with E-state index in [4.69, 9.17) is 124 Å². The Kier molecular flexibility index (Phi) is 32.5. The van der Waals surface area contributed by atoms with E-state index >= 15 is 0 Å². The van der Waals surface area contributed by atoms with Gasteiger partial charge in [-0.15, -0.1) is 0 Å². The van der Waals surface area contributed by atoms with Gasteiger partial charge in [-0.05, 0) is 124 Å². The maximum Gasteiger partial charge on any atom is 0.264 e. The first-order valence-corrected chi connectivity index (χ1v) is 45.3. The summed E-state index contributed by atoms with van der Waals surface area (Å²) in [6, 6.07) is 0. The average Bonchev–Trinajstić information content (AvgIpc) is 1.68. The largest absolute Gasteiger partial charge is 0.394 e. The van der Waals surface area contributed by atoms with Crippen LogP contribution in [0.3, 0.4) is 0 Å². The number of rotatable bonds is 10. The molecule has 0 radical (unpaired) electrons. The van der Waals surface area contributed by atoms with Crippen molar-refractivity contribution in [2.24, 2.45) is 11.8 Å². The summed E-state index contributed by atoms with van der Waals surface area (Å²) in [5, 5.41) is 75.7. The Hall–Kier alpha value is -0.891. The second-order valence-electron chi connectivity index (χ2n) is 35.4. The minimum atomic E-state index is -3.79. The Balaban J connectivity index is 0.000000170. The number of allylic oxidation sites excluding steroid dienone is 1. The Morgan fingerprint density at radius 2 is 0.894 bits per heavy atom. The average molecular weight is 1760 g/mol.